The minimum absolute atomic E-state index is 0. The van der Waals surface area contributed by atoms with Gasteiger partial charge >= 0.3 is 5.97 Å². The van der Waals surface area contributed by atoms with E-state index in [1.807, 2.05) is 0 Å². The first-order chi connectivity index (χ1) is 17.4. The van der Waals surface area contributed by atoms with E-state index in [-0.39, 0.29) is 42.4 Å². The number of nitrogens with zero attached hydrogens (tertiary/aromatic N) is 6. The zero-order valence-electron chi connectivity index (χ0n) is 19.9. The number of halogens is 1. The maximum Gasteiger partial charge on any atom is 0.358 e. The predicted molar refractivity (Wildman–Crippen MR) is 133 cm³/mol. The number of carbonyl (C=O) groups is 2. The van der Waals surface area contributed by atoms with E-state index in [9.17, 15) is 9.59 Å². The third kappa shape index (κ3) is 6.36. The van der Waals surface area contributed by atoms with E-state index in [2.05, 4.69) is 42.9 Å². The molecule has 1 fully saturated rings. The first kappa shape index (κ1) is 27.5. The van der Waals surface area contributed by atoms with E-state index >= 15 is 4.39 Å². The lowest BCUT2D eigenvalue weighted by molar-refractivity contribution is 0.0690. The number of carbonyl (C=O) groups excluding carboxylic acids is 1. The van der Waals surface area contributed by atoms with Crippen molar-refractivity contribution in [3.63, 3.8) is 0 Å². The van der Waals surface area contributed by atoms with E-state index in [1.165, 1.54) is 31.6 Å². The Morgan fingerprint density at radius 3 is 2.62 bits per heavy atom. The zero-order valence-corrected chi connectivity index (χ0v) is 19.9. The smallest absolute Gasteiger partial charge is 0.358 e. The molecule has 2 aromatic heterocycles. The highest BCUT2D eigenvalue weighted by Gasteiger charge is 2.22. The average Bonchev–Trinajstić information content (AvgIpc) is 3.38. The summed E-state index contributed by atoms with van der Waals surface area (Å²) in [5.74, 6) is -1.77. The maximum atomic E-state index is 15.2. The Labute approximate surface area is 213 Å². The Bertz CT molecular complexity index is 1240. The third-order valence-electron chi connectivity index (χ3n) is 6.10. The largest absolute Gasteiger partial charge is 0.494 e. The molecule has 37 heavy (non-hydrogen) atoms. The van der Waals surface area contributed by atoms with Crippen LogP contribution in [0.4, 0.5) is 10.2 Å². The summed E-state index contributed by atoms with van der Waals surface area (Å²) in [6, 6.07) is 2.88. The molecule has 13 heteroatoms. The summed E-state index contributed by atoms with van der Waals surface area (Å²) in [4.78, 5) is 34.9. The number of benzene rings is 1. The number of likely N-dealkylation sites (tertiary alicyclic amines) is 1. The van der Waals surface area contributed by atoms with Gasteiger partial charge in [-0.1, -0.05) is 12.6 Å². The van der Waals surface area contributed by atoms with Gasteiger partial charge in [0.05, 0.1) is 19.0 Å². The molecule has 0 aliphatic carbocycles. The van der Waals surface area contributed by atoms with Crippen LogP contribution in [0.5, 0.6) is 5.75 Å². The number of ether oxygens (including phenoxy) is 1. The van der Waals surface area contributed by atoms with E-state index in [0.29, 0.717) is 18.3 Å². The second-order valence-electron chi connectivity index (χ2n) is 8.50. The topological polar surface area (TPSA) is 147 Å². The molecule has 0 spiro atoms. The van der Waals surface area contributed by atoms with Crippen LogP contribution in [0.3, 0.4) is 0 Å². The Kier molecular flexibility index (Phi) is 9.06. The summed E-state index contributed by atoms with van der Waals surface area (Å²) in [6.45, 7) is 2.47. The minimum atomic E-state index is -1.27. The number of hydrogen-bond donors (Lipinski definition) is 3. The van der Waals surface area contributed by atoms with E-state index in [4.69, 9.17) is 9.84 Å². The molecule has 0 atom stereocenters. The molecule has 3 N–H and O–H groups in total. The van der Waals surface area contributed by atoms with Gasteiger partial charge in [-0.3, -0.25) is 4.79 Å². The van der Waals surface area contributed by atoms with Crippen molar-refractivity contribution in [2.24, 2.45) is 5.92 Å². The number of carboxylic acids is 1. The van der Waals surface area contributed by atoms with Crippen molar-refractivity contribution in [1.82, 2.24) is 35.2 Å². The van der Waals surface area contributed by atoms with Crippen molar-refractivity contribution in [3.05, 3.63) is 53.5 Å². The van der Waals surface area contributed by atoms with Crippen LogP contribution < -0.4 is 15.4 Å². The second kappa shape index (κ2) is 12.2. The van der Waals surface area contributed by atoms with Gasteiger partial charge in [-0.05, 0) is 51.0 Å². The highest BCUT2D eigenvalue weighted by molar-refractivity contribution is 5.96. The number of rotatable bonds is 9. The summed E-state index contributed by atoms with van der Waals surface area (Å²) in [5, 5.41) is 22.4. The fourth-order valence-electron chi connectivity index (χ4n) is 4.00. The van der Waals surface area contributed by atoms with Gasteiger partial charge in [0.1, 0.15) is 0 Å². The van der Waals surface area contributed by atoms with Crippen LogP contribution in [0.2, 0.25) is 0 Å². The van der Waals surface area contributed by atoms with Crippen LogP contribution in [0.25, 0.3) is 5.69 Å². The fraction of sp³-hybridized carbons (Fsp3) is 0.417. The van der Waals surface area contributed by atoms with Crippen molar-refractivity contribution < 1.29 is 23.8 Å². The lowest BCUT2D eigenvalue weighted by Crippen LogP contribution is -2.33. The molecular weight excluding hydrogens is 483 g/mol. The molecule has 1 aromatic carbocycles. The summed E-state index contributed by atoms with van der Waals surface area (Å²) in [7, 11) is 3.42. The summed E-state index contributed by atoms with van der Waals surface area (Å²) in [5.41, 5.74) is 0.0212. The number of amides is 1. The molecule has 3 heterocycles. The third-order valence-corrected chi connectivity index (χ3v) is 6.10. The normalized spacial score (nSPS) is 14.0. The number of nitrogens with one attached hydrogen (secondary N) is 2. The molecule has 1 amide bonds. The van der Waals surface area contributed by atoms with Crippen molar-refractivity contribution in [3.8, 4) is 11.4 Å². The number of carboxylic acid groups (broad SMARTS) is 1. The SMILES string of the molecule is C.COc1ccc(-n2cc(C(=O)O)nn2)c(CNC(=O)c2nccnc2NCC2CCN(C)CC2)c1F. The van der Waals surface area contributed by atoms with E-state index in [0.717, 1.165) is 36.8 Å². The molecule has 0 unspecified atom stereocenters. The minimum Gasteiger partial charge on any atom is -0.494 e. The molecule has 198 valence electrons. The summed E-state index contributed by atoms with van der Waals surface area (Å²) < 4.78 is 21.4. The molecule has 4 rings (SSSR count). The van der Waals surface area contributed by atoms with Crippen LogP contribution >= 0.6 is 0 Å². The lowest BCUT2D eigenvalue weighted by Gasteiger charge is -2.29. The molecule has 1 aliphatic heterocycles. The van der Waals surface area contributed by atoms with E-state index < -0.39 is 17.7 Å². The van der Waals surface area contributed by atoms with Crippen LogP contribution in [-0.2, 0) is 6.54 Å². The summed E-state index contributed by atoms with van der Waals surface area (Å²) >= 11 is 0. The van der Waals surface area contributed by atoms with Gasteiger partial charge in [0.15, 0.2) is 28.8 Å². The van der Waals surface area contributed by atoms with Crippen molar-refractivity contribution in [1.29, 1.82) is 0 Å². The molecule has 1 aliphatic rings. The molecule has 0 saturated carbocycles. The van der Waals surface area contributed by atoms with Crippen LogP contribution in [-0.4, -0.2) is 80.6 Å². The van der Waals surface area contributed by atoms with Crippen LogP contribution in [0, 0.1) is 11.7 Å². The highest BCUT2D eigenvalue weighted by Crippen LogP contribution is 2.26. The van der Waals surface area contributed by atoms with Crippen molar-refractivity contribution in [2.75, 3.05) is 39.1 Å². The number of methoxy groups -OCH3 is 1. The number of aromatic carboxylic acids is 1. The predicted octanol–water partition coefficient (Wildman–Crippen LogP) is 2.22. The van der Waals surface area contributed by atoms with Gasteiger partial charge in [-0.2, -0.15) is 0 Å². The lowest BCUT2D eigenvalue weighted by atomic mass is 9.97. The van der Waals surface area contributed by atoms with E-state index in [1.54, 1.807) is 0 Å². The highest BCUT2D eigenvalue weighted by atomic mass is 19.1. The number of aromatic nitrogens is 5. The fourth-order valence-corrected chi connectivity index (χ4v) is 4.00. The number of hydrogen-bond acceptors (Lipinski definition) is 9. The molecular formula is C24H31FN8O4. The van der Waals surface area contributed by atoms with Gasteiger partial charge in [-0.15, -0.1) is 5.10 Å². The molecule has 12 nitrogen and oxygen atoms in total. The Hall–Kier alpha value is -4.13. The van der Waals surface area contributed by atoms with Gasteiger partial charge in [-0.25, -0.2) is 23.8 Å². The van der Waals surface area contributed by atoms with Crippen molar-refractivity contribution >= 4 is 17.7 Å². The molecule has 0 bridgehead atoms. The Morgan fingerprint density at radius 1 is 1.22 bits per heavy atom. The summed E-state index contributed by atoms with van der Waals surface area (Å²) in [6.07, 6.45) is 6.17. The zero-order chi connectivity index (χ0) is 25.7. The van der Waals surface area contributed by atoms with Gasteiger partial charge in [0.2, 0.25) is 0 Å². The first-order valence-corrected chi connectivity index (χ1v) is 11.4. The first-order valence-electron chi connectivity index (χ1n) is 11.4. The number of piperidine rings is 1. The van der Waals surface area contributed by atoms with Gasteiger partial charge in [0, 0.05) is 31.0 Å². The average molecular weight is 515 g/mol. The quantitative estimate of drug-likeness (QED) is 0.388. The molecule has 0 radical (unpaired) electrons. The second-order valence-corrected chi connectivity index (χ2v) is 8.50. The van der Waals surface area contributed by atoms with Gasteiger partial charge in [0.25, 0.3) is 5.91 Å². The van der Waals surface area contributed by atoms with Crippen LogP contribution in [0.1, 0.15) is 46.8 Å². The molecule has 1 saturated heterocycles. The Morgan fingerprint density at radius 2 is 1.95 bits per heavy atom. The monoisotopic (exact) mass is 514 g/mol. The van der Waals surface area contributed by atoms with Crippen LogP contribution in [0.15, 0.2) is 30.7 Å². The molecule has 3 aromatic rings. The maximum absolute atomic E-state index is 15.2. The standard InChI is InChI=1S/C23H27FN8O4.CH4/c1-31-9-5-14(6-10-31)11-27-21-20(25-7-8-26-21)22(33)28-12-15-17(3-4-18(36-2)19(15)24)32-13-16(23(34)35)29-30-32;/h3-4,7-8,13-14H,5-6,9-12H2,1-2H3,(H,26,27)(H,28,33)(H,34,35);1H4. The van der Waals surface area contributed by atoms with Crippen molar-refractivity contribution in [2.45, 2.75) is 26.8 Å². The Balaban J connectivity index is 0.00000380. The number of anilines is 1. The van der Waals surface area contributed by atoms with Gasteiger partial charge < -0.3 is 25.4 Å².